The Hall–Kier alpha value is -2.37. The van der Waals surface area contributed by atoms with E-state index in [0.29, 0.717) is 19.0 Å². The van der Waals surface area contributed by atoms with E-state index >= 15 is 0 Å². The van der Waals surface area contributed by atoms with Crippen molar-refractivity contribution in [1.82, 2.24) is 9.80 Å². The summed E-state index contributed by atoms with van der Waals surface area (Å²) in [4.78, 5) is 35.4. The third kappa shape index (κ3) is 4.80. The van der Waals surface area contributed by atoms with Gasteiger partial charge in [0, 0.05) is 25.0 Å². The Labute approximate surface area is 198 Å². The first-order valence-corrected chi connectivity index (χ1v) is 13.0. The molecule has 0 radical (unpaired) electrons. The van der Waals surface area contributed by atoms with Crippen molar-refractivity contribution in [2.24, 2.45) is 16.6 Å². The second-order valence-corrected chi connectivity index (χ2v) is 10.1. The number of rotatable bonds is 8. The Morgan fingerprint density at radius 1 is 1.06 bits per heavy atom. The van der Waals surface area contributed by atoms with Gasteiger partial charge < -0.3 is 10.6 Å². The number of hydrogen-bond donors (Lipinski definition) is 1. The van der Waals surface area contributed by atoms with Crippen LogP contribution in [-0.2, 0) is 22.4 Å². The normalized spacial score (nSPS) is 22.9. The molecule has 33 heavy (non-hydrogen) atoms. The smallest absolute Gasteiger partial charge is 0.257 e. The van der Waals surface area contributed by atoms with Crippen LogP contribution < -0.4 is 5.73 Å². The highest BCUT2D eigenvalue weighted by molar-refractivity contribution is 6.07. The van der Waals surface area contributed by atoms with Crippen molar-refractivity contribution < 1.29 is 9.59 Å². The standard InChI is InChI=1S/C27H40N4O2/c1-3-5-15-27(16-6-4-2)25(33)31(26(28)29-27)23-13-17-30(18-14-23)24(32)22-12-11-20-9-7-8-10-21(20)19-22/h7-10,22-23H,3-6,11-19H2,1-2H3,(H2,28,29). The van der Waals surface area contributed by atoms with Crippen LogP contribution in [0.25, 0.3) is 0 Å². The van der Waals surface area contributed by atoms with E-state index in [2.05, 4.69) is 38.1 Å². The number of fused-ring (bicyclic) bond motifs is 1. The summed E-state index contributed by atoms with van der Waals surface area (Å²) in [7, 11) is 0. The number of hydrogen-bond acceptors (Lipinski definition) is 4. The van der Waals surface area contributed by atoms with Crippen LogP contribution in [0.5, 0.6) is 0 Å². The number of likely N-dealkylation sites (tertiary alicyclic amines) is 1. The lowest BCUT2D eigenvalue weighted by molar-refractivity contribution is -0.138. The van der Waals surface area contributed by atoms with Gasteiger partial charge in [-0.25, -0.2) is 4.99 Å². The summed E-state index contributed by atoms with van der Waals surface area (Å²) in [5.74, 6) is 0.834. The number of carbonyl (C=O) groups excluding carboxylic acids is 2. The molecule has 180 valence electrons. The number of nitrogens with zero attached hydrogens (tertiary/aromatic N) is 3. The van der Waals surface area contributed by atoms with Gasteiger partial charge in [-0.2, -0.15) is 0 Å². The number of nitrogens with two attached hydrogens (primary N) is 1. The molecule has 4 rings (SSSR count). The molecule has 3 aliphatic rings. The zero-order valence-electron chi connectivity index (χ0n) is 20.4. The Morgan fingerprint density at radius 2 is 1.70 bits per heavy atom. The summed E-state index contributed by atoms with van der Waals surface area (Å²) in [6.07, 6.45) is 9.91. The molecule has 2 aliphatic heterocycles. The number of piperidine rings is 1. The summed E-state index contributed by atoms with van der Waals surface area (Å²) in [5.41, 5.74) is 8.39. The first-order valence-electron chi connectivity index (χ1n) is 13.0. The fourth-order valence-corrected chi connectivity index (χ4v) is 5.90. The lowest BCUT2D eigenvalue weighted by Crippen LogP contribution is -2.54. The van der Waals surface area contributed by atoms with E-state index in [0.717, 1.165) is 70.6 Å². The average Bonchev–Trinajstić information content (AvgIpc) is 3.10. The molecule has 1 aliphatic carbocycles. The Kier molecular flexibility index (Phi) is 7.40. The van der Waals surface area contributed by atoms with Crippen LogP contribution in [0, 0.1) is 5.92 Å². The fourth-order valence-electron chi connectivity index (χ4n) is 5.90. The Bertz CT molecular complexity index is 880. The minimum atomic E-state index is -0.668. The molecule has 0 bridgehead atoms. The summed E-state index contributed by atoms with van der Waals surface area (Å²) < 4.78 is 0. The zero-order valence-corrected chi connectivity index (χ0v) is 20.4. The van der Waals surface area contributed by atoms with E-state index in [1.54, 1.807) is 4.90 Å². The molecule has 2 amide bonds. The second-order valence-electron chi connectivity index (χ2n) is 10.1. The number of guanidine groups is 1. The lowest BCUT2D eigenvalue weighted by Gasteiger charge is -2.39. The van der Waals surface area contributed by atoms with Gasteiger partial charge in [-0.05, 0) is 56.1 Å². The third-order valence-electron chi connectivity index (χ3n) is 7.92. The number of benzene rings is 1. The van der Waals surface area contributed by atoms with E-state index in [1.807, 2.05) is 4.90 Å². The molecule has 0 spiro atoms. The molecule has 1 aromatic rings. The predicted octanol–water partition coefficient (Wildman–Crippen LogP) is 4.06. The van der Waals surface area contributed by atoms with Crippen LogP contribution in [0.4, 0.5) is 0 Å². The van der Waals surface area contributed by atoms with Gasteiger partial charge in [0.05, 0.1) is 0 Å². The van der Waals surface area contributed by atoms with Gasteiger partial charge in [-0.3, -0.25) is 14.5 Å². The van der Waals surface area contributed by atoms with Gasteiger partial charge in [0.25, 0.3) is 5.91 Å². The van der Waals surface area contributed by atoms with E-state index in [-0.39, 0.29) is 23.8 Å². The van der Waals surface area contributed by atoms with Crippen molar-refractivity contribution >= 4 is 17.8 Å². The van der Waals surface area contributed by atoms with Gasteiger partial charge in [0.15, 0.2) is 5.96 Å². The number of aliphatic imine (C=N–C) groups is 1. The monoisotopic (exact) mass is 452 g/mol. The average molecular weight is 453 g/mol. The fraction of sp³-hybridized carbons (Fsp3) is 0.667. The maximum absolute atomic E-state index is 13.6. The van der Waals surface area contributed by atoms with Crippen molar-refractivity contribution in [2.45, 2.75) is 96.1 Å². The summed E-state index contributed by atoms with van der Waals surface area (Å²) in [6.45, 7) is 5.68. The van der Waals surface area contributed by atoms with Crippen LogP contribution in [-0.4, -0.2) is 52.2 Å². The van der Waals surface area contributed by atoms with Crippen molar-refractivity contribution in [3.63, 3.8) is 0 Å². The SMILES string of the molecule is CCCCC1(CCCC)N=C(N)N(C2CCN(C(=O)C3CCc4ccccc4C3)CC2)C1=O. The van der Waals surface area contributed by atoms with Crippen molar-refractivity contribution in [3.8, 4) is 0 Å². The van der Waals surface area contributed by atoms with Crippen molar-refractivity contribution in [1.29, 1.82) is 0 Å². The number of carbonyl (C=O) groups is 2. The Balaban J connectivity index is 1.37. The zero-order chi connectivity index (χ0) is 23.4. The van der Waals surface area contributed by atoms with E-state index in [4.69, 9.17) is 10.7 Å². The van der Waals surface area contributed by atoms with Crippen molar-refractivity contribution in [3.05, 3.63) is 35.4 Å². The van der Waals surface area contributed by atoms with E-state index in [9.17, 15) is 9.59 Å². The van der Waals surface area contributed by atoms with Gasteiger partial charge in [0.2, 0.25) is 5.91 Å². The molecule has 0 saturated carbocycles. The largest absolute Gasteiger partial charge is 0.369 e. The summed E-state index contributed by atoms with van der Waals surface area (Å²) in [6, 6.07) is 8.53. The second kappa shape index (κ2) is 10.3. The van der Waals surface area contributed by atoms with Crippen molar-refractivity contribution in [2.75, 3.05) is 13.1 Å². The minimum Gasteiger partial charge on any atom is -0.369 e. The molecular formula is C27H40N4O2. The molecule has 1 fully saturated rings. The minimum absolute atomic E-state index is 0.0440. The van der Waals surface area contributed by atoms with Gasteiger partial charge >= 0.3 is 0 Å². The Morgan fingerprint density at radius 3 is 2.33 bits per heavy atom. The molecule has 0 aromatic heterocycles. The highest BCUT2D eigenvalue weighted by Crippen LogP contribution is 2.36. The highest BCUT2D eigenvalue weighted by atomic mass is 16.2. The number of unbranched alkanes of at least 4 members (excludes halogenated alkanes) is 2. The molecule has 2 heterocycles. The van der Waals surface area contributed by atoms with Crippen LogP contribution in [0.3, 0.4) is 0 Å². The molecule has 1 aromatic carbocycles. The lowest BCUT2D eigenvalue weighted by atomic mass is 9.83. The van der Waals surface area contributed by atoms with Gasteiger partial charge in [0.1, 0.15) is 5.54 Å². The first kappa shape index (κ1) is 23.8. The van der Waals surface area contributed by atoms with Gasteiger partial charge in [-0.15, -0.1) is 0 Å². The molecule has 6 heteroatoms. The third-order valence-corrected chi connectivity index (χ3v) is 7.92. The van der Waals surface area contributed by atoms with Crippen LogP contribution in [0.1, 0.15) is 82.8 Å². The summed E-state index contributed by atoms with van der Waals surface area (Å²) in [5, 5.41) is 0. The molecular weight excluding hydrogens is 412 g/mol. The predicted molar refractivity (Wildman–Crippen MR) is 132 cm³/mol. The first-order chi connectivity index (χ1) is 16.0. The maximum atomic E-state index is 13.6. The topological polar surface area (TPSA) is 79.0 Å². The molecule has 1 atom stereocenters. The summed E-state index contributed by atoms with van der Waals surface area (Å²) >= 11 is 0. The van der Waals surface area contributed by atoms with Crippen LogP contribution >= 0.6 is 0 Å². The molecule has 2 N–H and O–H groups in total. The number of amides is 2. The number of aryl methyl sites for hydroxylation is 1. The highest BCUT2D eigenvalue weighted by Gasteiger charge is 2.49. The van der Waals surface area contributed by atoms with E-state index < -0.39 is 5.54 Å². The van der Waals surface area contributed by atoms with Gasteiger partial charge in [-0.1, -0.05) is 63.8 Å². The molecule has 6 nitrogen and oxygen atoms in total. The van der Waals surface area contributed by atoms with Crippen LogP contribution in [0.2, 0.25) is 0 Å². The van der Waals surface area contributed by atoms with Crippen LogP contribution in [0.15, 0.2) is 29.3 Å². The quantitative estimate of drug-likeness (QED) is 0.646. The molecule has 1 unspecified atom stereocenters. The van der Waals surface area contributed by atoms with E-state index in [1.165, 1.54) is 11.1 Å². The molecule has 1 saturated heterocycles. The maximum Gasteiger partial charge on any atom is 0.257 e.